The van der Waals surface area contributed by atoms with E-state index in [2.05, 4.69) is 24.1 Å². The van der Waals surface area contributed by atoms with Crippen LogP contribution in [0.5, 0.6) is 5.75 Å². The number of nitrogens with one attached hydrogen (secondary N) is 1. The van der Waals surface area contributed by atoms with Gasteiger partial charge in [-0.05, 0) is 30.2 Å². The van der Waals surface area contributed by atoms with Crippen LogP contribution < -0.4 is 10.1 Å². The Balaban J connectivity index is 1.93. The van der Waals surface area contributed by atoms with Gasteiger partial charge >= 0.3 is 5.97 Å². The Kier molecular flexibility index (Phi) is 5.16. The summed E-state index contributed by atoms with van der Waals surface area (Å²) in [5.74, 6) is 0.448. The number of benzene rings is 1. The summed E-state index contributed by atoms with van der Waals surface area (Å²) in [6.07, 6.45) is -0.0554. The van der Waals surface area contributed by atoms with Gasteiger partial charge in [-0.15, -0.1) is 11.3 Å². The van der Waals surface area contributed by atoms with Crippen molar-refractivity contribution in [2.75, 3.05) is 11.9 Å². The van der Waals surface area contributed by atoms with Gasteiger partial charge in [0.05, 0.1) is 18.7 Å². The van der Waals surface area contributed by atoms with E-state index in [1.54, 1.807) is 5.38 Å². The van der Waals surface area contributed by atoms with Crippen molar-refractivity contribution in [3.63, 3.8) is 0 Å². The minimum Gasteiger partial charge on any atom is -0.493 e. The van der Waals surface area contributed by atoms with Gasteiger partial charge in [0.25, 0.3) is 0 Å². The molecular weight excluding hydrogens is 288 g/mol. The van der Waals surface area contributed by atoms with Crippen LogP contribution in [0.1, 0.15) is 19.5 Å². The fourth-order valence-electron chi connectivity index (χ4n) is 1.62. The highest BCUT2D eigenvalue weighted by atomic mass is 32.1. The lowest BCUT2D eigenvalue weighted by molar-refractivity contribution is -0.136. The summed E-state index contributed by atoms with van der Waals surface area (Å²) in [4.78, 5) is 14.8. The lowest BCUT2D eigenvalue weighted by Crippen LogP contribution is -2.04. The maximum atomic E-state index is 10.6. The number of thiazole rings is 1. The van der Waals surface area contributed by atoms with E-state index in [0.29, 0.717) is 23.4 Å². The van der Waals surface area contributed by atoms with E-state index >= 15 is 0 Å². The molecule has 0 atom stereocenters. The zero-order chi connectivity index (χ0) is 15.2. The smallest absolute Gasteiger partial charge is 0.309 e. The van der Waals surface area contributed by atoms with E-state index in [-0.39, 0.29) is 6.42 Å². The average molecular weight is 306 g/mol. The van der Waals surface area contributed by atoms with Gasteiger partial charge in [-0.2, -0.15) is 0 Å². The molecule has 0 aliphatic carbocycles. The van der Waals surface area contributed by atoms with E-state index in [1.807, 2.05) is 24.3 Å². The third-order valence-corrected chi connectivity index (χ3v) is 3.38. The number of nitrogens with zero attached hydrogens (tertiary/aromatic N) is 1. The number of carboxylic acid groups (broad SMARTS) is 1. The van der Waals surface area contributed by atoms with Crippen molar-refractivity contribution in [2.45, 2.75) is 20.3 Å². The molecule has 1 aromatic carbocycles. The number of aliphatic carboxylic acids is 1. The van der Waals surface area contributed by atoms with Crippen LogP contribution in [0.3, 0.4) is 0 Å². The van der Waals surface area contributed by atoms with Gasteiger partial charge in [-0.1, -0.05) is 13.8 Å². The molecule has 0 aliphatic heterocycles. The second-order valence-corrected chi connectivity index (χ2v) is 5.93. The van der Waals surface area contributed by atoms with Crippen LogP contribution in [0.25, 0.3) is 0 Å². The van der Waals surface area contributed by atoms with Crippen molar-refractivity contribution in [3.8, 4) is 5.75 Å². The van der Waals surface area contributed by atoms with E-state index in [0.717, 1.165) is 11.4 Å². The SMILES string of the molecule is CC(C)COc1ccc(Nc2nc(CC(=O)O)cs2)cc1. The van der Waals surface area contributed by atoms with Gasteiger partial charge in [0, 0.05) is 11.1 Å². The molecule has 1 aromatic heterocycles. The van der Waals surface area contributed by atoms with Crippen molar-refractivity contribution in [3.05, 3.63) is 35.3 Å². The minimum absolute atomic E-state index is 0.0554. The molecule has 1 heterocycles. The molecule has 2 aromatic rings. The normalized spacial score (nSPS) is 10.6. The Bertz CT molecular complexity index is 593. The molecule has 21 heavy (non-hydrogen) atoms. The van der Waals surface area contributed by atoms with Crippen LogP contribution in [-0.4, -0.2) is 22.7 Å². The van der Waals surface area contributed by atoms with Crippen LogP contribution in [0.4, 0.5) is 10.8 Å². The number of anilines is 2. The zero-order valence-electron chi connectivity index (χ0n) is 12.0. The summed E-state index contributed by atoms with van der Waals surface area (Å²) in [5, 5.41) is 14.3. The Morgan fingerprint density at radius 1 is 1.38 bits per heavy atom. The minimum atomic E-state index is -0.876. The van der Waals surface area contributed by atoms with Crippen molar-refractivity contribution in [1.82, 2.24) is 4.98 Å². The molecule has 0 fully saturated rings. The molecule has 0 amide bonds. The number of hydrogen-bond acceptors (Lipinski definition) is 5. The molecule has 0 unspecified atom stereocenters. The molecule has 0 spiro atoms. The highest BCUT2D eigenvalue weighted by Crippen LogP contribution is 2.23. The Morgan fingerprint density at radius 2 is 2.10 bits per heavy atom. The summed E-state index contributed by atoms with van der Waals surface area (Å²) >= 11 is 1.39. The van der Waals surface area contributed by atoms with E-state index in [1.165, 1.54) is 11.3 Å². The Morgan fingerprint density at radius 3 is 2.71 bits per heavy atom. The lowest BCUT2D eigenvalue weighted by atomic mass is 10.2. The number of aromatic nitrogens is 1. The maximum Gasteiger partial charge on any atom is 0.309 e. The number of carboxylic acids is 1. The van der Waals surface area contributed by atoms with Crippen molar-refractivity contribution in [1.29, 1.82) is 0 Å². The first-order valence-electron chi connectivity index (χ1n) is 6.69. The average Bonchev–Trinajstić information content (AvgIpc) is 2.84. The maximum absolute atomic E-state index is 10.6. The molecule has 2 N–H and O–H groups in total. The van der Waals surface area contributed by atoms with Crippen molar-refractivity contribution < 1.29 is 14.6 Å². The van der Waals surface area contributed by atoms with Crippen LogP contribution in [0.2, 0.25) is 0 Å². The highest BCUT2D eigenvalue weighted by Gasteiger charge is 2.06. The molecule has 0 bridgehead atoms. The summed E-state index contributed by atoms with van der Waals surface area (Å²) in [7, 11) is 0. The Labute approximate surface area is 127 Å². The molecule has 5 nitrogen and oxygen atoms in total. The molecule has 0 saturated heterocycles. The molecule has 6 heteroatoms. The summed E-state index contributed by atoms with van der Waals surface area (Å²) in [6.45, 7) is 4.90. The predicted molar refractivity (Wildman–Crippen MR) is 83.5 cm³/mol. The van der Waals surface area contributed by atoms with Crippen LogP contribution in [-0.2, 0) is 11.2 Å². The van der Waals surface area contributed by atoms with Gasteiger partial charge in [0.15, 0.2) is 5.13 Å². The van der Waals surface area contributed by atoms with Crippen molar-refractivity contribution in [2.24, 2.45) is 5.92 Å². The molecule has 2 rings (SSSR count). The second kappa shape index (κ2) is 7.08. The van der Waals surface area contributed by atoms with E-state index in [9.17, 15) is 4.79 Å². The van der Waals surface area contributed by atoms with Crippen LogP contribution in [0.15, 0.2) is 29.6 Å². The number of ether oxygens (including phenoxy) is 1. The van der Waals surface area contributed by atoms with E-state index in [4.69, 9.17) is 9.84 Å². The quantitative estimate of drug-likeness (QED) is 0.818. The fraction of sp³-hybridized carbons (Fsp3) is 0.333. The van der Waals surface area contributed by atoms with Crippen LogP contribution >= 0.6 is 11.3 Å². The van der Waals surface area contributed by atoms with Gasteiger partial charge in [-0.3, -0.25) is 4.79 Å². The van der Waals surface area contributed by atoms with Gasteiger partial charge in [0.1, 0.15) is 5.75 Å². The first-order valence-corrected chi connectivity index (χ1v) is 7.57. The third-order valence-electron chi connectivity index (χ3n) is 2.57. The predicted octanol–water partition coefficient (Wildman–Crippen LogP) is 3.55. The summed E-state index contributed by atoms with van der Waals surface area (Å²) in [6, 6.07) is 7.62. The lowest BCUT2D eigenvalue weighted by Gasteiger charge is -2.09. The largest absolute Gasteiger partial charge is 0.493 e. The first kappa shape index (κ1) is 15.3. The molecule has 0 aliphatic rings. The molecule has 112 valence electrons. The zero-order valence-corrected chi connectivity index (χ0v) is 12.8. The highest BCUT2D eigenvalue weighted by molar-refractivity contribution is 7.13. The number of hydrogen-bond donors (Lipinski definition) is 2. The standard InChI is InChI=1S/C15H18N2O3S/c1-10(2)8-20-13-5-3-11(4-6-13)16-15-17-12(9-21-15)7-14(18)19/h3-6,9-10H,7-8H2,1-2H3,(H,16,17)(H,18,19). The fourth-order valence-corrected chi connectivity index (χ4v) is 2.35. The molecule has 0 saturated carbocycles. The second-order valence-electron chi connectivity index (χ2n) is 5.07. The van der Waals surface area contributed by atoms with Gasteiger partial charge in [-0.25, -0.2) is 4.98 Å². The Hall–Kier alpha value is -2.08. The monoisotopic (exact) mass is 306 g/mol. The first-order chi connectivity index (χ1) is 10.0. The topological polar surface area (TPSA) is 71.5 Å². The van der Waals surface area contributed by atoms with Gasteiger partial charge < -0.3 is 15.2 Å². The van der Waals surface area contributed by atoms with Gasteiger partial charge in [0.2, 0.25) is 0 Å². The van der Waals surface area contributed by atoms with Crippen molar-refractivity contribution >= 4 is 28.1 Å². The van der Waals surface area contributed by atoms with Crippen LogP contribution in [0, 0.1) is 5.92 Å². The van der Waals surface area contributed by atoms with E-state index < -0.39 is 5.97 Å². The number of carbonyl (C=O) groups is 1. The molecular formula is C15H18N2O3S. The third kappa shape index (κ3) is 5.07. The summed E-state index contributed by atoms with van der Waals surface area (Å²) < 4.78 is 5.61. The molecule has 0 radical (unpaired) electrons. The number of rotatable bonds is 7. The summed E-state index contributed by atoms with van der Waals surface area (Å²) in [5.41, 5.74) is 1.45.